The molecule has 0 spiro atoms. The minimum absolute atomic E-state index is 0.136. The van der Waals surface area contributed by atoms with Gasteiger partial charge < -0.3 is 0 Å². The Morgan fingerprint density at radius 1 is 0.944 bits per heavy atom. The topological polar surface area (TPSA) is 23.8 Å². The van der Waals surface area contributed by atoms with Gasteiger partial charge in [0, 0.05) is 6.42 Å². The van der Waals surface area contributed by atoms with Gasteiger partial charge in [0.25, 0.3) is 0 Å². The molecule has 0 unspecified atom stereocenters. The maximum atomic E-state index is 8.90. The van der Waals surface area contributed by atoms with E-state index in [1.54, 1.807) is 0 Å². The molecule has 0 aliphatic heterocycles. The fourth-order valence-corrected chi connectivity index (χ4v) is 2.35. The summed E-state index contributed by atoms with van der Waals surface area (Å²) in [5, 5.41) is 8.90. The molecular weight excluding hydrogens is 234 g/mol. The number of nitriles is 1. The first-order chi connectivity index (χ1) is 8.27. The minimum Gasteiger partial charge on any atom is -0.198 e. The van der Waals surface area contributed by atoms with Crippen LogP contribution in [0.3, 0.4) is 0 Å². The number of unbranched alkanes of at least 4 members (excludes halogenated alkanes) is 5. The third kappa shape index (κ3) is 11.7. The molecule has 0 amide bonds. The van der Waals surface area contributed by atoms with E-state index in [4.69, 9.17) is 5.26 Å². The molecule has 0 heterocycles. The number of rotatable bonds is 7. The predicted octanol–water partition coefficient (Wildman–Crippen LogP) is 5.15. The lowest BCUT2D eigenvalue weighted by atomic mass is 9.88. The summed E-state index contributed by atoms with van der Waals surface area (Å²) in [6.07, 6.45) is 8.34. The Morgan fingerprint density at radius 3 is 2.06 bits per heavy atom. The molecule has 0 saturated carbocycles. The molecule has 0 N–H and O–H groups in total. The van der Waals surface area contributed by atoms with E-state index in [1.165, 1.54) is 32.1 Å². The van der Waals surface area contributed by atoms with Gasteiger partial charge in [-0.15, -0.1) is 11.5 Å². The maximum absolute atomic E-state index is 8.90. The van der Waals surface area contributed by atoms with Crippen molar-refractivity contribution in [1.29, 1.82) is 5.26 Å². The van der Waals surface area contributed by atoms with Gasteiger partial charge in [0.15, 0.2) is 0 Å². The van der Waals surface area contributed by atoms with Crippen molar-refractivity contribution in [3.05, 3.63) is 0 Å². The Bertz CT molecular complexity index is 320. The van der Waals surface area contributed by atoms with Gasteiger partial charge in [-0.1, -0.05) is 45.3 Å². The van der Waals surface area contributed by atoms with Crippen LogP contribution in [0, 0.1) is 28.2 Å². The Hall–Kier alpha value is -0.733. The Balaban J connectivity index is 3.43. The van der Waals surface area contributed by atoms with E-state index >= 15 is 0 Å². The van der Waals surface area contributed by atoms with Crippen molar-refractivity contribution in [2.75, 3.05) is 0 Å². The highest BCUT2D eigenvalue weighted by atomic mass is 28.3. The highest BCUT2D eigenvalue weighted by Gasteiger charge is 2.15. The third-order valence-electron chi connectivity index (χ3n) is 2.87. The van der Waals surface area contributed by atoms with Crippen LogP contribution in [0.2, 0.25) is 19.6 Å². The van der Waals surface area contributed by atoms with Crippen LogP contribution in [0.4, 0.5) is 0 Å². The maximum Gasteiger partial charge on any atom is 0.129 e. The van der Waals surface area contributed by atoms with Gasteiger partial charge in [0.05, 0.1) is 11.5 Å². The molecule has 0 aromatic rings. The van der Waals surface area contributed by atoms with Gasteiger partial charge in [-0.2, -0.15) is 5.26 Å². The standard InChI is InChI=1S/C16H29NSi/c1-16(2,15-17)13-11-9-7-6-8-10-12-14-18(3,4)5/h6-11,13H2,1-5H3. The van der Waals surface area contributed by atoms with E-state index in [0.29, 0.717) is 0 Å². The summed E-state index contributed by atoms with van der Waals surface area (Å²) in [5.41, 5.74) is 3.27. The van der Waals surface area contributed by atoms with Crippen molar-refractivity contribution in [3.63, 3.8) is 0 Å². The molecular formula is C16H29NSi. The van der Waals surface area contributed by atoms with Crippen LogP contribution in [0.15, 0.2) is 0 Å². The zero-order chi connectivity index (χ0) is 14.1. The minimum atomic E-state index is -1.16. The van der Waals surface area contributed by atoms with Crippen molar-refractivity contribution in [2.24, 2.45) is 5.41 Å². The molecule has 0 radical (unpaired) electrons. The monoisotopic (exact) mass is 263 g/mol. The fraction of sp³-hybridized carbons (Fsp3) is 0.812. The third-order valence-corrected chi connectivity index (χ3v) is 3.80. The Morgan fingerprint density at radius 2 is 1.50 bits per heavy atom. The summed E-state index contributed by atoms with van der Waals surface area (Å²) < 4.78 is 0. The van der Waals surface area contributed by atoms with E-state index < -0.39 is 8.07 Å². The zero-order valence-corrected chi connectivity index (χ0v) is 13.9. The lowest BCUT2D eigenvalue weighted by Gasteiger charge is -2.13. The van der Waals surface area contributed by atoms with Crippen molar-refractivity contribution in [2.45, 2.75) is 78.4 Å². The highest BCUT2D eigenvalue weighted by molar-refractivity contribution is 6.83. The van der Waals surface area contributed by atoms with Gasteiger partial charge in [-0.25, -0.2) is 0 Å². The Labute approximate surface area is 115 Å². The summed E-state index contributed by atoms with van der Waals surface area (Å²) in [5.74, 6) is 3.32. The molecule has 2 heteroatoms. The second kappa shape index (κ2) is 8.38. The normalized spacial score (nSPS) is 11.6. The first kappa shape index (κ1) is 17.3. The fourth-order valence-electron chi connectivity index (χ4n) is 1.69. The quantitative estimate of drug-likeness (QED) is 0.354. The van der Waals surface area contributed by atoms with E-state index in [0.717, 1.165) is 12.8 Å². The molecule has 0 saturated heterocycles. The number of hydrogen-bond acceptors (Lipinski definition) is 1. The first-order valence-electron chi connectivity index (χ1n) is 7.18. The van der Waals surface area contributed by atoms with Crippen LogP contribution in [-0.4, -0.2) is 8.07 Å². The summed E-state index contributed by atoms with van der Waals surface area (Å²) in [7, 11) is -1.16. The van der Waals surface area contributed by atoms with Crippen LogP contribution in [-0.2, 0) is 0 Å². The second-order valence-electron chi connectivity index (χ2n) is 6.82. The second-order valence-corrected chi connectivity index (χ2v) is 11.6. The highest BCUT2D eigenvalue weighted by Crippen LogP contribution is 2.22. The van der Waals surface area contributed by atoms with E-state index in [1.807, 2.05) is 13.8 Å². The van der Waals surface area contributed by atoms with Crippen molar-refractivity contribution in [1.82, 2.24) is 0 Å². The molecule has 1 nitrogen and oxygen atoms in total. The lowest BCUT2D eigenvalue weighted by molar-refractivity contribution is 0.420. The van der Waals surface area contributed by atoms with Gasteiger partial charge in [0.2, 0.25) is 0 Å². The van der Waals surface area contributed by atoms with Gasteiger partial charge in [-0.05, 0) is 26.7 Å². The average molecular weight is 264 g/mol. The van der Waals surface area contributed by atoms with Gasteiger partial charge in [0.1, 0.15) is 8.07 Å². The van der Waals surface area contributed by atoms with Crippen LogP contribution in [0.25, 0.3) is 0 Å². The Kier molecular flexibility index (Phi) is 8.04. The van der Waals surface area contributed by atoms with Crippen molar-refractivity contribution >= 4 is 8.07 Å². The average Bonchev–Trinajstić information content (AvgIpc) is 2.25. The number of hydrogen-bond donors (Lipinski definition) is 0. The van der Waals surface area contributed by atoms with Crippen LogP contribution in [0.1, 0.15) is 58.8 Å². The smallest absolute Gasteiger partial charge is 0.129 e. The summed E-state index contributed by atoms with van der Waals surface area (Å²) in [6, 6.07) is 2.36. The SMILES string of the molecule is CC(C)(C#N)CCCCCCCC#C[Si](C)(C)C. The van der Waals surface area contributed by atoms with Crippen molar-refractivity contribution < 1.29 is 0 Å². The molecule has 0 aromatic carbocycles. The summed E-state index contributed by atoms with van der Waals surface area (Å²) >= 11 is 0. The van der Waals surface area contributed by atoms with E-state index in [2.05, 4.69) is 37.2 Å². The largest absolute Gasteiger partial charge is 0.198 e. The number of nitrogens with zero attached hydrogens (tertiary/aromatic N) is 1. The molecule has 102 valence electrons. The van der Waals surface area contributed by atoms with Crippen LogP contribution in [0.5, 0.6) is 0 Å². The molecule has 0 bridgehead atoms. The van der Waals surface area contributed by atoms with Gasteiger partial charge in [-0.3, -0.25) is 0 Å². The molecule has 0 rings (SSSR count). The van der Waals surface area contributed by atoms with Crippen LogP contribution >= 0.6 is 0 Å². The van der Waals surface area contributed by atoms with E-state index in [9.17, 15) is 0 Å². The summed E-state index contributed by atoms with van der Waals surface area (Å²) in [4.78, 5) is 0. The van der Waals surface area contributed by atoms with Crippen LogP contribution < -0.4 is 0 Å². The first-order valence-corrected chi connectivity index (χ1v) is 10.7. The molecule has 0 aromatic heterocycles. The zero-order valence-electron chi connectivity index (χ0n) is 12.9. The van der Waals surface area contributed by atoms with E-state index in [-0.39, 0.29) is 5.41 Å². The summed E-state index contributed by atoms with van der Waals surface area (Å²) in [6.45, 7) is 10.9. The van der Waals surface area contributed by atoms with Crippen molar-refractivity contribution in [3.8, 4) is 17.5 Å². The molecule has 18 heavy (non-hydrogen) atoms. The predicted molar refractivity (Wildman–Crippen MR) is 82.8 cm³/mol. The van der Waals surface area contributed by atoms with Gasteiger partial charge >= 0.3 is 0 Å². The molecule has 0 aliphatic carbocycles. The molecule has 0 atom stereocenters. The molecule has 0 fully saturated rings. The lowest BCUT2D eigenvalue weighted by Crippen LogP contribution is -2.16. The molecule has 0 aliphatic rings.